The fraction of sp³-hybridized carbons (Fsp3) is 0.222. The zero-order chi connectivity index (χ0) is 24.6. The van der Waals surface area contributed by atoms with Crippen molar-refractivity contribution in [3.05, 3.63) is 90.3 Å². The number of carbonyl (C=O) groups excluding carboxylic acids is 1. The number of hydrogen-bond donors (Lipinski definition) is 1. The van der Waals surface area contributed by atoms with Gasteiger partial charge in [0.1, 0.15) is 5.75 Å². The molecule has 35 heavy (non-hydrogen) atoms. The highest BCUT2D eigenvalue weighted by atomic mass is 32.2. The van der Waals surface area contributed by atoms with E-state index < -0.39 is 0 Å². The average molecular weight is 489 g/mol. The van der Waals surface area contributed by atoms with Gasteiger partial charge in [0.15, 0.2) is 6.61 Å². The minimum atomic E-state index is -0.0376. The van der Waals surface area contributed by atoms with Crippen LogP contribution >= 0.6 is 11.8 Å². The van der Waals surface area contributed by atoms with Crippen molar-refractivity contribution in [1.82, 2.24) is 10.2 Å². The SMILES string of the molecule is Cc1ccc(OCc2nnc(SCC(=O)N(c3ccc(Nc4ccccc4)cc3)C(C)C)o2)cc1. The molecule has 0 aliphatic rings. The van der Waals surface area contributed by atoms with E-state index in [1.165, 1.54) is 11.8 Å². The lowest BCUT2D eigenvalue weighted by molar-refractivity contribution is -0.116. The van der Waals surface area contributed by atoms with Gasteiger partial charge in [-0.3, -0.25) is 4.79 Å². The van der Waals surface area contributed by atoms with Gasteiger partial charge in [0.2, 0.25) is 5.91 Å². The fourth-order valence-electron chi connectivity index (χ4n) is 3.45. The number of rotatable bonds is 10. The summed E-state index contributed by atoms with van der Waals surface area (Å²) in [5, 5.41) is 11.7. The van der Waals surface area contributed by atoms with E-state index in [1.807, 2.05) is 99.6 Å². The van der Waals surface area contributed by atoms with Crippen molar-refractivity contribution >= 4 is 34.7 Å². The number of amides is 1. The third-order valence-electron chi connectivity index (χ3n) is 5.14. The molecule has 4 rings (SSSR count). The predicted octanol–water partition coefficient (Wildman–Crippen LogP) is 6.23. The van der Waals surface area contributed by atoms with Gasteiger partial charge in [-0.25, -0.2) is 0 Å². The zero-order valence-corrected chi connectivity index (χ0v) is 20.8. The Kier molecular flexibility index (Phi) is 8.05. The summed E-state index contributed by atoms with van der Waals surface area (Å²) in [6.45, 7) is 6.18. The van der Waals surface area contributed by atoms with E-state index in [9.17, 15) is 4.79 Å². The molecule has 8 heteroatoms. The second-order valence-corrected chi connectivity index (χ2v) is 9.17. The van der Waals surface area contributed by atoms with Gasteiger partial charge in [-0.05, 0) is 69.3 Å². The first-order valence-electron chi connectivity index (χ1n) is 11.4. The summed E-state index contributed by atoms with van der Waals surface area (Å²) in [5.41, 5.74) is 3.96. The summed E-state index contributed by atoms with van der Waals surface area (Å²) in [6.07, 6.45) is 0. The Morgan fingerprint density at radius 1 is 0.971 bits per heavy atom. The van der Waals surface area contributed by atoms with Crippen LogP contribution in [-0.4, -0.2) is 27.9 Å². The van der Waals surface area contributed by atoms with Crippen molar-refractivity contribution in [3.63, 3.8) is 0 Å². The molecular formula is C27H28N4O3S. The van der Waals surface area contributed by atoms with E-state index in [0.29, 0.717) is 11.1 Å². The Morgan fingerprint density at radius 3 is 2.34 bits per heavy atom. The third-order valence-corrected chi connectivity index (χ3v) is 5.95. The van der Waals surface area contributed by atoms with Gasteiger partial charge in [-0.1, -0.05) is 47.7 Å². The van der Waals surface area contributed by atoms with E-state index in [-0.39, 0.29) is 24.3 Å². The second-order valence-electron chi connectivity index (χ2n) is 8.25. The predicted molar refractivity (Wildman–Crippen MR) is 139 cm³/mol. The van der Waals surface area contributed by atoms with Crippen LogP contribution in [0.2, 0.25) is 0 Å². The fourth-order valence-corrected chi connectivity index (χ4v) is 4.09. The molecule has 1 amide bonds. The first-order chi connectivity index (χ1) is 17.0. The second kappa shape index (κ2) is 11.6. The summed E-state index contributed by atoms with van der Waals surface area (Å²) < 4.78 is 11.3. The van der Waals surface area contributed by atoms with Crippen LogP contribution in [0.4, 0.5) is 17.1 Å². The molecule has 7 nitrogen and oxygen atoms in total. The molecule has 0 aliphatic heterocycles. The number of anilines is 3. The molecule has 0 unspecified atom stereocenters. The van der Waals surface area contributed by atoms with Crippen LogP contribution in [0.5, 0.6) is 5.75 Å². The summed E-state index contributed by atoms with van der Waals surface area (Å²) in [6, 6.07) is 25.5. The monoisotopic (exact) mass is 488 g/mol. The highest BCUT2D eigenvalue weighted by Gasteiger charge is 2.20. The Balaban J connectivity index is 1.32. The maximum absolute atomic E-state index is 13.1. The van der Waals surface area contributed by atoms with E-state index in [4.69, 9.17) is 9.15 Å². The first kappa shape index (κ1) is 24.3. The van der Waals surface area contributed by atoms with Gasteiger partial charge in [0.05, 0.1) is 5.75 Å². The standard InChI is InChI=1S/C27H28N4O3S/c1-19(2)31(23-13-11-22(12-14-23)28-21-7-5-4-6-8-21)26(32)18-35-27-30-29-25(34-27)17-33-24-15-9-20(3)10-16-24/h4-16,19,28H,17-18H2,1-3H3. The number of hydrogen-bond acceptors (Lipinski definition) is 7. The van der Waals surface area contributed by atoms with Gasteiger partial charge in [-0.15, -0.1) is 10.2 Å². The summed E-state index contributed by atoms with van der Waals surface area (Å²) >= 11 is 1.22. The molecule has 0 saturated carbocycles. The maximum Gasteiger partial charge on any atom is 0.277 e. The third kappa shape index (κ3) is 6.86. The highest BCUT2D eigenvalue weighted by molar-refractivity contribution is 7.99. The van der Waals surface area contributed by atoms with Gasteiger partial charge >= 0.3 is 0 Å². The molecule has 0 fully saturated rings. The molecule has 180 valence electrons. The quantitative estimate of drug-likeness (QED) is 0.265. The number of aromatic nitrogens is 2. The van der Waals surface area contributed by atoms with Crippen LogP contribution in [0.15, 0.2) is 88.5 Å². The van der Waals surface area contributed by atoms with Crippen LogP contribution in [-0.2, 0) is 11.4 Å². The van der Waals surface area contributed by atoms with Crippen molar-refractivity contribution < 1.29 is 13.9 Å². The van der Waals surface area contributed by atoms with Crippen molar-refractivity contribution in [1.29, 1.82) is 0 Å². The van der Waals surface area contributed by atoms with Gasteiger partial charge < -0.3 is 19.4 Å². The summed E-state index contributed by atoms with van der Waals surface area (Å²) in [4.78, 5) is 14.8. The number of thioether (sulfide) groups is 1. The molecule has 0 atom stereocenters. The topological polar surface area (TPSA) is 80.5 Å². The minimum Gasteiger partial charge on any atom is -0.484 e. The lowest BCUT2D eigenvalue weighted by Crippen LogP contribution is -2.38. The molecule has 3 aromatic carbocycles. The van der Waals surface area contributed by atoms with Crippen molar-refractivity contribution in [2.24, 2.45) is 0 Å². The van der Waals surface area contributed by atoms with Crippen LogP contribution < -0.4 is 15.0 Å². The zero-order valence-electron chi connectivity index (χ0n) is 20.0. The Labute approximate surface area is 209 Å². The number of para-hydroxylation sites is 1. The summed E-state index contributed by atoms with van der Waals surface area (Å²) in [7, 11) is 0. The van der Waals surface area contributed by atoms with Gasteiger partial charge in [0, 0.05) is 23.1 Å². The molecule has 0 aliphatic carbocycles. The molecule has 0 bridgehead atoms. The maximum atomic E-state index is 13.1. The van der Waals surface area contributed by atoms with Crippen LogP contribution in [0.1, 0.15) is 25.3 Å². The molecule has 0 saturated heterocycles. The van der Waals surface area contributed by atoms with Crippen molar-refractivity contribution in [3.8, 4) is 5.75 Å². The van der Waals surface area contributed by atoms with Crippen molar-refractivity contribution in [2.75, 3.05) is 16.0 Å². The molecule has 1 heterocycles. The molecular weight excluding hydrogens is 460 g/mol. The number of ether oxygens (including phenoxy) is 1. The highest BCUT2D eigenvalue weighted by Crippen LogP contribution is 2.25. The lowest BCUT2D eigenvalue weighted by Gasteiger charge is -2.27. The molecule has 4 aromatic rings. The largest absolute Gasteiger partial charge is 0.484 e. The molecule has 1 N–H and O–H groups in total. The van der Waals surface area contributed by atoms with Gasteiger partial charge in [0.25, 0.3) is 11.1 Å². The Bertz CT molecular complexity index is 1230. The van der Waals surface area contributed by atoms with Crippen LogP contribution in [0, 0.1) is 6.92 Å². The van der Waals surface area contributed by atoms with E-state index >= 15 is 0 Å². The number of benzene rings is 3. The number of nitrogens with zero attached hydrogens (tertiary/aromatic N) is 3. The van der Waals surface area contributed by atoms with E-state index in [1.54, 1.807) is 4.90 Å². The smallest absolute Gasteiger partial charge is 0.277 e. The van der Waals surface area contributed by atoms with Gasteiger partial charge in [-0.2, -0.15) is 0 Å². The number of carbonyl (C=O) groups is 1. The first-order valence-corrected chi connectivity index (χ1v) is 12.4. The summed E-state index contributed by atoms with van der Waals surface area (Å²) in [5.74, 6) is 1.24. The molecule has 1 aromatic heterocycles. The van der Waals surface area contributed by atoms with Crippen LogP contribution in [0.25, 0.3) is 0 Å². The molecule has 0 radical (unpaired) electrons. The number of nitrogens with one attached hydrogen (secondary N) is 1. The molecule has 0 spiro atoms. The van der Waals surface area contributed by atoms with Crippen molar-refractivity contribution in [2.45, 2.75) is 38.6 Å². The Morgan fingerprint density at radius 2 is 1.66 bits per heavy atom. The minimum absolute atomic E-state index is 0.00260. The van der Waals surface area contributed by atoms with Crippen LogP contribution in [0.3, 0.4) is 0 Å². The Hall–Kier alpha value is -3.78. The normalized spacial score (nSPS) is 10.9. The van der Waals surface area contributed by atoms with E-state index in [2.05, 4.69) is 15.5 Å². The lowest BCUT2D eigenvalue weighted by atomic mass is 10.2. The average Bonchev–Trinajstić information content (AvgIpc) is 3.32. The number of aryl methyl sites for hydroxylation is 1. The van der Waals surface area contributed by atoms with E-state index in [0.717, 1.165) is 28.4 Å².